The van der Waals surface area contributed by atoms with Crippen LogP contribution in [0.15, 0.2) is 72.8 Å². The van der Waals surface area contributed by atoms with Crippen LogP contribution in [0.1, 0.15) is 65.0 Å². The summed E-state index contributed by atoms with van der Waals surface area (Å²) < 4.78 is 12.4. The van der Waals surface area contributed by atoms with Gasteiger partial charge in [0.25, 0.3) is 11.8 Å². The number of anilines is 1. The van der Waals surface area contributed by atoms with E-state index >= 15 is 0 Å². The summed E-state index contributed by atoms with van der Waals surface area (Å²) in [7, 11) is 0. The molecule has 1 N–H and O–H groups in total. The molecule has 1 aliphatic rings. The molecule has 0 radical (unpaired) electrons. The van der Waals surface area contributed by atoms with Gasteiger partial charge >= 0.3 is 5.97 Å². The Labute approximate surface area is 236 Å². The molecule has 0 spiro atoms. The molecule has 1 unspecified atom stereocenters. The zero-order chi connectivity index (χ0) is 28.6. The normalized spacial score (nSPS) is 13.6. The second-order valence-electron chi connectivity index (χ2n) is 9.85. The van der Waals surface area contributed by atoms with Crippen molar-refractivity contribution in [3.05, 3.63) is 100 Å². The second-order valence-corrected chi connectivity index (χ2v) is 10.3. The van der Waals surface area contributed by atoms with Gasteiger partial charge in [0.15, 0.2) is 0 Å². The van der Waals surface area contributed by atoms with Gasteiger partial charge in [-0.15, -0.1) is 0 Å². The van der Waals surface area contributed by atoms with Crippen LogP contribution in [0.4, 0.5) is 5.69 Å². The van der Waals surface area contributed by atoms with Crippen molar-refractivity contribution in [1.29, 1.82) is 0 Å². The predicted molar refractivity (Wildman–Crippen MR) is 154 cm³/mol. The Bertz CT molecular complexity index is 1630. The molecule has 5 rings (SSSR count). The average Bonchev–Trinajstić information content (AvgIpc) is 3.18. The van der Waals surface area contributed by atoms with Crippen LogP contribution in [0, 0.1) is 0 Å². The lowest BCUT2D eigenvalue weighted by molar-refractivity contribution is -0.138. The van der Waals surface area contributed by atoms with Crippen molar-refractivity contribution in [2.24, 2.45) is 0 Å². The first kappa shape index (κ1) is 27.2. The van der Waals surface area contributed by atoms with Crippen LogP contribution in [0.25, 0.3) is 10.8 Å². The predicted octanol–water partition coefficient (Wildman–Crippen LogP) is 7.24. The van der Waals surface area contributed by atoms with E-state index in [0.717, 1.165) is 10.5 Å². The lowest BCUT2D eigenvalue weighted by Crippen LogP contribution is -2.30. The molecule has 8 heteroatoms. The van der Waals surface area contributed by atoms with E-state index in [4.69, 9.17) is 21.1 Å². The minimum Gasteiger partial charge on any atom is -0.489 e. The van der Waals surface area contributed by atoms with Gasteiger partial charge in [-0.05, 0) is 43.5 Å². The second kappa shape index (κ2) is 11.0. The monoisotopic (exact) mass is 557 g/mol. The summed E-state index contributed by atoms with van der Waals surface area (Å²) in [6.07, 6.45) is 0.0910. The van der Waals surface area contributed by atoms with Crippen LogP contribution in [0.3, 0.4) is 0 Å². The van der Waals surface area contributed by atoms with Gasteiger partial charge in [-0.25, -0.2) is 4.90 Å². The van der Waals surface area contributed by atoms with Gasteiger partial charge in [0.2, 0.25) is 0 Å². The quantitative estimate of drug-likeness (QED) is 0.218. The molecule has 4 aromatic carbocycles. The van der Waals surface area contributed by atoms with E-state index in [1.54, 1.807) is 13.0 Å². The number of imide groups is 1. The lowest BCUT2D eigenvalue weighted by Gasteiger charge is -2.19. The molecule has 7 nitrogen and oxygen atoms in total. The number of carboxylic acids is 1. The Morgan fingerprint density at radius 2 is 1.50 bits per heavy atom. The average molecular weight is 558 g/mol. The Balaban J connectivity index is 1.68. The zero-order valence-corrected chi connectivity index (χ0v) is 23.1. The van der Waals surface area contributed by atoms with Crippen LogP contribution >= 0.6 is 11.6 Å². The van der Waals surface area contributed by atoms with Gasteiger partial charge in [-0.1, -0.05) is 79.2 Å². The molecule has 0 saturated heterocycles. The molecule has 1 aliphatic heterocycles. The van der Waals surface area contributed by atoms with E-state index in [-0.39, 0.29) is 40.3 Å². The molecular formula is C32H28ClNO6. The summed E-state index contributed by atoms with van der Waals surface area (Å²) >= 11 is 6.60. The third kappa shape index (κ3) is 4.77. The fourth-order valence-electron chi connectivity index (χ4n) is 5.03. The number of carbonyl (C=O) groups is 3. The standard InChI is InChI=1S/C32H28ClNO6/c1-4-21(32(37)38)20-14-15-25(24(33)16-20)34-30(35)26-27(31(34)36)29(40-18(2)3)23-13-9-8-12-22(23)28(26)39-17-19-10-6-5-7-11-19/h5-16,18,21H,4,17H2,1-3H3,(H,37,38). The van der Waals surface area contributed by atoms with E-state index in [1.807, 2.05) is 68.4 Å². The van der Waals surface area contributed by atoms with Crippen molar-refractivity contribution in [2.45, 2.75) is 45.8 Å². The number of hydrogen-bond donors (Lipinski definition) is 1. The highest BCUT2D eigenvalue weighted by molar-refractivity contribution is 6.41. The maximum atomic E-state index is 14.1. The van der Waals surface area contributed by atoms with E-state index in [0.29, 0.717) is 28.5 Å². The minimum absolute atomic E-state index is 0.0920. The van der Waals surface area contributed by atoms with Gasteiger partial charge in [0.05, 0.1) is 33.9 Å². The molecule has 1 atom stereocenters. The van der Waals surface area contributed by atoms with Crippen molar-refractivity contribution < 1.29 is 29.0 Å². The number of carboxylic acid groups (broad SMARTS) is 1. The summed E-state index contributed by atoms with van der Waals surface area (Å²) in [5.74, 6) is -2.33. The molecule has 0 saturated carbocycles. The molecule has 2 amide bonds. The summed E-state index contributed by atoms with van der Waals surface area (Å²) in [4.78, 5) is 40.8. The van der Waals surface area contributed by atoms with Gasteiger partial charge in [0, 0.05) is 10.8 Å². The maximum Gasteiger partial charge on any atom is 0.310 e. The Morgan fingerprint density at radius 1 is 0.900 bits per heavy atom. The molecule has 0 aliphatic carbocycles. The largest absolute Gasteiger partial charge is 0.489 e. The van der Waals surface area contributed by atoms with E-state index in [9.17, 15) is 19.5 Å². The highest BCUT2D eigenvalue weighted by Gasteiger charge is 2.44. The first-order valence-corrected chi connectivity index (χ1v) is 13.4. The van der Waals surface area contributed by atoms with Gasteiger partial charge in [0.1, 0.15) is 18.1 Å². The number of benzene rings is 4. The maximum absolute atomic E-state index is 14.1. The van der Waals surface area contributed by atoms with Crippen molar-refractivity contribution in [3.63, 3.8) is 0 Å². The highest BCUT2D eigenvalue weighted by atomic mass is 35.5. The Hall–Kier alpha value is -4.36. The smallest absolute Gasteiger partial charge is 0.310 e. The number of nitrogens with zero attached hydrogens (tertiary/aromatic N) is 1. The number of hydrogen-bond acceptors (Lipinski definition) is 5. The van der Waals surface area contributed by atoms with Crippen molar-refractivity contribution in [3.8, 4) is 11.5 Å². The molecule has 4 aromatic rings. The molecule has 0 aromatic heterocycles. The number of carbonyl (C=O) groups excluding carboxylic acids is 2. The Morgan fingerprint density at radius 3 is 2.08 bits per heavy atom. The van der Waals surface area contributed by atoms with Crippen molar-refractivity contribution >= 4 is 45.8 Å². The van der Waals surface area contributed by atoms with Gasteiger partial charge in [-0.2, -0.15) is 0 Å². The number of aliphatic carboxylic acids is 1. The van der Waals surface area contributed by atoms with Crippen molar-refractivity contribution in [2.75, 3.05) is 4.90 Å². The van der Waals surface area contributed by atoms with Crippen LogP contribution in [-0.4, -0.2) is 29.0 Å². The first-order valence-electron chi connectivity index (χ1n) is 13.1. The third-order valence-electron chi connectivity index (χ3n) is 6.86. The van der Waals surface area contributed by atoms with Crippen LogP contribution < -0.4 is 14.4 Å². The number of halogens is 1. The molecule has 0 fully saturated rings. The van der Waals surface area contributed by atoms with Gasteiger partial charge < -0.3 is 14.6 Å². The number of amides is 2. The molecular weight excluding hydrogens is 530 g/mol. The Kier molecular flexibility index (Phi) is 7.50. The number of rotatable bonds is 9. The van der Waals surface area contributed by atoms with Crippen molar-refractivity contribution in [1.82, 2.24) is 0 Å². The highest BCUT2D eigenvalue weighted by Crippen LogP contribution is 2.47. The van der Waals surface area contributed by atoms with Crippen LogP contribution in [-0.2, 0) is 11.4 Å². The number of fused-ring (bicyclic) bond motifs is 2. The molecule has 204 valence electrons. The molecule has 0 bridgehead atoms. The summed E-state index contributed by atoms with van der Waals surface area (Å²) in [5, 5.41) is 11.0. The van der Waals surface area contributed by atoms with Crippen LogP contribution in [0.5, 0.6) is 11.5 Å². The third-order valence-corrected chi connectivity index (χ3v) is 7.16. The number of ether oxygens (including phenoxy) is 2. The minimum atomic E-state index is -0.977. The molecule has 40 heavy (non-hydrogen) atoms. The molecule has 1 heterocycles. The van der Waals surface area contributed by atoms with E-state index < -0.39 is 23.7 Å². The topological polar surface area (TPSA) is 93.1 Å². The summed E-state index contributed by atoms with van der Waals surface area (Å²) in [6, 6.07) is 21.5. The first-order chi connectivity index (χ1) is 19.2. The van der Waals surface area contributed by atoms with Crippen LogP contribution in [0.2, 0.25) is 5.02 Å². The zero-order valence-electron chi connectivity index (χ0n) is 22.3. The summed E-state index contributed by atoms with van der Waals surface area (Å²) in [5.41, 5.74) is 1.76. The summed E-state index contributed by atoms with van der Waals surface area (Å²) in [6.45, 7) is 5.65. The van der Waals surface area contributed by atoms with E-state index in [1.165, 1.54) is 12.1 Å². The lowest BCUT2D eigenvalue weighted by atomic mass is 9.96. The van der Waals surface area contributed by atoms with E-state index in [2.05, 4.69) is 0 Å². The fourth-order valence-corrected chi connectivity index (χ4v) is 5.30. The fraction of sp³-hybridized carbons (Fsp3) is 0.219. The van der Waals surface area contributed by atoms with Gasteiger partial charge in [-0.3, -0.25) is 14.4 Å². The SMILES string of the molecule is CCC(C(=O)O)c1ccc(N2C(=O)c3c(c(OC(C)C)c4ccccc4c3OCc3ccccc3)C2=O)c(Cl)c1.